The highest BCUT2D eigenvalue weighted by molar-refractivity contribution is 7.80. The number of para-hydroxylation sites is 2. The van der Waals surface area contributed by atoms with Crippen LogP contribution in [0.5, 0.6) is 5.75 Å². The van der Waals surface area contributed by atoms with Gasteiger partial charge in [-0.25, -0.2) is 0 Å². The van der Waals surface area contributed by atoms with Crippen LogP contribution in [0, 0.1) is 0 Å². The number of morpholine rings is 1. The lowest BCUT2D eigenvalue weighted by atomic mass is 10.1. The molecule has 1 aliphatic rings. The molecule has 0 spiro atoms. The molecule has 0 saturated carbocycles. The number of thiocarbonyl (C=S) groups is 1. The number of thiophene rings is 1. The maximum Gasteiger partial charge on any atom is 0.573 e. The Morgan fingerprint density at radius 1 is 1.21 bits per heavy atom. The van der Waals surface area contributed by atoms with E-state index in [9.17, 15) is 13.2 Å². The van der Waals surface area contributed by atoms with E-state index in [1.54, 1.807) is 17.4 Å². The topological polar surface area (TPSA) is 45.8 Å². The molecule has 1 aliphatic heterocycles. The Kier molecular flexibility index (Phi) is 7.33. The first-order valence-electron chi connectivity index (χ1n) is 9.11. The van der Waals surface area contributed by atoms with Crippen molar-refractivity contribution >= 4 is 34.4 Å². The van der Waals surface area contributed by atoms with Gasteiger partial charge in [0.15, 0.2) is 10.9 Å². The largest absolute Gasteiger partial charge is 0.573 e. The maximum absolute atomic E-state index is 12.6. The predicted octanol–water partition coefficient (Wildman–Crippen LogP) is 4.40. The minimum absolute atomic E-state index is 0.0697. The van der Waals surface area contributed by atoms with Gasteiger partial charge in [-0.1, -0.05) is 18.2 Å². The fraction of sp³-hybridized carbons (Fsp3) is 0.421. The number of ether oxygens (including phenoxy) is 2. The highest BCUT2D eigenvalue weighted by atomic mass is 32.1. The van der Waals surface area contributed by atoms with Crippen LogP contribution in [0.15, 0.2) is 41.8 Å². The van der Waals surface area contributed by atoms with Gasteiger partial charge in [0.1, 0.15) is 0 Å². The molecule has 0 radical (unpaired) electrons. The number of rotatable bonds is 6. The zero-order valence-corrected chi connectivity index (χ0v) is 17.4. The molecule has 1 aromatic carbocycles. The Balaban J connectivity index is 1.69. The zero-order valence-electron chi connectivity index (χ0n) is 15.7. The lowest BCUT2D eigenvalue weighted by molar-refractivity contribution is -0.274. The lowest BCUT2D eigenvalue weighted by Gasteiger charge is -2.38. The van der Waals surface area contributed by atoms with Gasteiger partial charge in [0, 0.05) is 24.0 Å². The average molecular weight is 446 g/mol. The third-order valence-electron chi connectivity index (χ3n) is 4.47. The van der Waals surface area contributed by atoms with Crippen molar-refractivity contribution in [3.8, 4) is 5.75 Å². The summed E-state index contributed by atoms with van der Waals surface area (Å²) in [5.41, 5.74) is 0.147. The van der Waals surface area contributed by atoms with Crippen molar-refractivity contribution in [2.75, 3.05) is 31.6 Å². The predicted molar refractivity (Wildman–Crippen MR) is 111 cm³/mol. The molecule has 0 aliphatic carbocycles. The first kappa shape index (κ1) is 21.8. The van der Waals surface area contributed by atoms with Crippen LogP contribution in [-0.4, -0.2) is 48.7 Å². The Morgan fingerprint density at radius 2 is 1.93 bits per heavy atom. The molecular formula is C19H22F3N3O2S2. The quantitative estimate of drug-likeness (QED) is 0.643. The monoisotopic (exact) mass is 445 g/mol. The molecule has 158 valence electrons. The summed E-state index contributed by atoms with van der Waals surface area (Å²) >= 11 is 7.03. The van der Waals surface area contributed by atoms with E-state index in [1.807, 2.05) is 18.4 Å². The molecule has 2 atom stereocenters. The van der Waals surface area contributed by atoms with Crippen LogP contribution in [0.25, 0.3) is 0 Å². The molecule has 1 saturated heterocycles. The number of halogens is 3. The van der Waals surface area contributed by atoms with Crippen LogP contribution in [-0.2, 0) is 4.74 Å². The molecule has 0 amide bonds. The molecule has 2 N–H and O–H groups in total. The van der Waals surface area contributed by atoms with Gasteiger partial charge in [-0.3, -0.25) is 4.90 Å². The molecule has 2 heterocycles. The Hall–Kier alpha value is -1.88. The zero-order chi connectivity index (χ0) is 20.9. The Bertz CT molecular complexity index is 796. The van der Waals surface area contributed by atoms with Gasteiger partial charge in [0.25, 0.3) is 0 Å². The van der Waals surface area contributed by atoms with E-state index in [0.717, 1.165) is 13.1 Å². The second-order valence-electron chi connectivity index (χ2n) is 6.54. The molecule has 1 fully saturated rings. The normalized spacial score (nSPS) is 17.4. The fourth-order valence-corrected chi connectivity index (χ4v) is 4.55. The van der Waals surface area contributed by atoms with Gasteiger partial charge < -0.3 is 20.1 Å². The summed E-state index contributed by atoms with van der Waals surface area (Å²) in [5, 5.41) is 8.29. The van der Waals surface area contributed by atoms with Crippen LogP contribution in [0.1, 0.15) is 17.8 Å². The van der Waals surface area contributed by atoms with Gasteiger partial charge in [-0.2, -0.15) is 0 Å². The minimum atomic E-state index is -4.78. The van der Waals surface area contributed by atoms with Crippen LogP contribution < -0.4 is 15.4 Å². The van der Waals surface area contributed by atoms with E-state index in [4.69, 9.17) is 17.0 Å². The molecular weight excluding hydrogens is 423 g/mol. The third kappa shape index (κ3) is 6.30. The van der Waals surface area contributed by atoms with Crippen molar-refractivity contribution in [3.63, 3.8) is 0 Å². The Morgan fingerprint density at radius 3 is 2.59 bits per heavy atom. The molecule has 1 aromatic heterocycles. The fourth-order valence-electron chi connectivity index (χ4n) is 3.29. The number of hydrogen-bond donors (Lipinski definition) is 2. The van der Waals surface area contributed by atoms with Gasteiger partial charge in [-0.15, -0.1) is 24.5 Å². The molecule has 3 rings (SSSR count). The van der Waals surface area contributed by atoms with Crippen molar-refractivity contribution in [1.29, 1.82) is 0 Å². The molecule has 2 aromatic rings. The number of benzene rings is 1. The van der Waals surface area contributed by atoms with Gasteiger partial charge in [0.05, 0.1) is 24.9 Å². The third-order valence-corrected chi connectivity index (χ3v) is 5.63. The van der Waals surface area contributed by atoms with Crippen molar-refractivity contribution in [3.05, 3.63) is 46.7 Å². The average Bonchev–Trinajstić information content (AvgIpc) is 3.17. The second-order valence-corrected chi connectivity index (χ2v) is 7.93. The first-order valence-corrected chi connectivity index (χ1v) is 10.4. The number of nitrogens with one attached hydrogen (secondary N) is 2. The number of anilines is 1. The summed E-state index contributed by atoms with van der Waals surface area (Å²) in [6.07, 6.45) is -4.78. The van der Waals surface area contributed by atoms with E-state index in [-0.39, 0.29) is 28.6 Å². The highest BCUT2D eigenvalue weighted by Crippen LogP contribution is 2.31. The van der Waals surface area contributed by atoms with E-state index in [0.29, 0.717) is 13.2 Å². The summed E-state index contributed by atoms with van der Waals surface area (Å²) in [4.78, 5) is 3.52. The molecule has 5 nitrogen and oxygen atoms in total. The lowest BCUT2D eigenvalue weighted by Crippen LogP contribution is -2.49. The molecule has 29 heavy (non-hydrogen) atoms. The number of nitrogens with zero attached hydrogens (tertiary/aromatic N) is 1. The van der Waals surface area contributed by atoms with Crippen molar-refractivity contribution in [2.24, 2.45) is 0 Å². The van der Waals surface area contributed by atoms with Crippen LogP contribution in [0.4, 0.5) is 18.9 Å². The summed E-state index contributed by atoms with van der Waals surface area (Å²) in [6, 6.07) is 9.87. The number of hydrogen-bond acceptors (Lipinski definition) is 5. The minimum Gasteiger partial charge on any atom is -0.404 e. The van der Waals surface area contributed by atoms with Gasteiger partial charge in [-0.05, 0) is 42.7 Å². The van der Waals surface area contributed by atoms with E-state index in [2.05, 4.69) is 26.3 Å². The SMILES string of the molecule is CC(NC(=S)Nc1ccccc1OC(F)(F)F)C(c1cccs1)N1CCOCC1. The standard InChI is InChI=1S/C19H22F3N3O2S2/c1-13(17(16-7-4-12-29-16)25-8-10-26-11-9-25)23-18(28)24-14-5-2-3-6-15(14)27-19(20,21)22/h2-7,12-13,17H,8-11H2,1H3,(H2,23,24,28). The smallest absolute Gasteiger partial charge is 0.404 e. The van der Waals surface area contributed by atoms with Crippen molar-refractivity contribution in [1.82, 2.24) is 10.2 Å². The van der Waals surface area contributed by atoms with Gasteiger partial charge >= 0.3 is 6.36 Å². The summed E-state index contributed by atoms with van der Waals surface area (Å²) in [7, 11) is 0. The van der Waals surface area contributed by atoms with E-state index < -0.39 is 6.36 Å². The first-order chi connectivity index (χ1) is 13.8. The number of alkyl halides is 3. The van der Waals surface area contributed by atoms with Crippen molar-refractivity contribution < 1.29 is 22.6 Å². The Labute approximate surface area is 176 Å². The van der Waals surface area contributed by atoms with E-state index in [1.165, 1.54) is 23.1 Å². The maximum atomic E-state index is 12.6. The van der Waals surface area contributed by atoms with Crippen molar-refractivity contribution in [2.45, 2.75) is 25.4 Å². The van der Waals surface area contributed by atoms with Crippen LogP contribution in [0.3, 0.4) is 0 Å². The van der Waals surface area contributed by atoms with E-state index >= 15 is 0 Å². The molecule has 10 heteroatoms. The summed E-state index contributed by atoms with van der Waals surface area (Å²) in [5.74, 6) is -0.334. The second kappa shape index (κ2) is 9.75. The summed E-state index contributed by atoms with van der Waals surface area (Å²) < 4.78 is 47.4. The molecule has 0 bridgehead atoms. The highest BCUT2D eigenvalue weighted by Gasteiger charge is 2.32. The van der Waals surface area contributed by atoms with Gasteiger partial charge in [0.2, 0.25) is 0 Å². The summed E-state index contributed by atoms with van der Waals surface area (Å²) in [6.45, 7) is 4.94. The van der Waals surface area contributed by atoms with Crippen LogP contribution >= 0.6 is 23.6 Å². The van der Waals surface area contributed by atoms with Crippen LogP contribution in [0.2, 0.25) is 0 Å². The molecule has 2 unspecified atom stereocenters.